The third-order valence-corrected chi connectivity index (χ3v) is 3.87. The standard InChI is InChI=1S/C14H15ClN2/c15-12-7-11(4-3-10-1-2-10)8-17-13(12)14(9-16)5-6-14/h7-8,10H,1-2,5-6,9,16H2. The Kier molecular flexibility index (Phi) is 2.61. The van der Waals surface area contributed by atoms with Crippen LogP contribution in [0.25, 0.3) is 0 Å². The summed E-state index contributed by atoms with van der Waals surface area (Å²) in [7, 11) is 0. The predicted octanol–water partition coefficient (Wildman–Crippen LogP) is 2.49. The van der Waals surface area contributed by atoms with Crippen LogP contribution in [0, 0.1) is 17.8 Å². The molecular weight excluding hydrogens is 232 g/mol. The van der Waals surface area contributed by atoms with E-state index in [-0.39, 0.29) is 5.41 Å². The van der Waals surface area contributed by atoms with Crippen molar-refractivity contribution in [2.75, 3.05) is 6.54 Å². The van der Waals surface area contributed by atoms with E-state index in [4.69, 9.17) is 17.3 Å². The number of nitrogens with zero attached hydrogens (tertiary/aromatic N) is 1. The largest absolute Gasteiger partial charge is 0.330 e. The van der Waals surface area contributed by atoms with E-state index in [9.17, 15) is 0 Å². The highest BCUT2D eigenvalue weighted by molar-refractivity contribution is 6.31. The normalized spacial score (nSPS) is 20.6. The van der Waals surface area contributed by atoms with Crippen LogP contribution in [0.2, 0.25) is 5.02 Å². The molecule has 17 heavy (non-hydrogen) atoms. The Labute approximate surface area is 107 Å². The first kappa shape index (κ1) is 11.1. The summed E-state index contributed by atoms with van der Waals surface area (Å²) in [6, 6.07) is 1.93. The summed E-state index contributed by atoms with van der Waals surface area (Å²) in [6.45, 7) is 0.632. The van der Waals surface area contributed by atoms with Crippen molar-refractivity contribution in [3.8, 4) is 11.8 Å². The lowest BCUT2D eigenvalue weighted by Gasteiger charge is -2.13. The van der Waals surface area contributed by atoms with Gasteiger partial charge in [-0.25, -0.2) is 0 Å². The fourth-order valence-electron chi connectivity index (χ4n) is 2.00. The zero-order valence-corrected chi connectivity index (χ0v) is 10.4. The third-order valence-electron chi connectivity index (χ3n) is 3.59. The number of aromatic nitrogens is 1. The molecule has 1 heterocycles. The van der Waals surface area contributed by atoms with Gasteiger partial charge in [-0.05, 0) is 31.7 Å². The van der Waals surface area contributed by atoms with Gasteiger partial charge in [-0.2, -0.15) is 0 Å². The fourth-order valence-corrected chi connectivity index (χ4v) is 2.36. The van der Waals surface area contributed by atoms with E-state index in [2.05, 4.69) is 16.8 Å². The first-order chi connectivity index (χ1) is 8.23. The number of hydrogen-bond donors (Lipinski definition) is 1. The Bertz CT molecular complexity index is 505. The monoisotopic (exact) mass is 246 g/mol. The summed E-state index contributed by atoms with van der Waals surface area (Å²) in [5.41, 5.74) is 7.72. The second-order valence-electron chi connectivity index (χ2n) is 5.08. The van der Waals surface area contributed by atoms with Crippen molar-refractivity contribution in [1.29, 1.82) is 0 Å². The minimum Gasteiger partial charge on any atom is -0.330 e. The molecule has 3 heteroatoms. The van der Waals surface area contributed by atoms with Gasteiger partial charge in [0.15, 0.2) is 0 Å². The highest BCUT2D eigenvalue weighted by atomic mass is 35.5. The van der Waals surface area contributed by atoms with Crippen molar-refractivity contribution in [2.24, 2.45) is 11.7 Å². The lowest BCUT2D eigenvalue weighted by Crippen LogP contribution is -2.21. The second kappa shape index (κ2) is 4.01. The molecular formula is C14H15ClN2. The van der Waals surface area contributed by atoms with Gasteiger partial charge < -0.3 is 5.73 Å². The van der Waals surface area contributed by atoms with Crippen molar-refractivity contribution < 1.29 is 0 Å². The highest BCUT2D eigenvalue weighted by Crippen LogP contribution is 2.48. The van der Waals surface area contributed by atoms with E-state index in [0.717, 1.165) is 29.1 Å². The quantitative estimate of drug-likeness (QED) is 0.815. The molecule has 1 aromatic rings. The molecule has 1 aromatic heterocycles. The van der Waals surface area contributed by atoms with Gasteiger partial charge in [-0.1, -0.05) is 23.4 Å². The molecule has 0 spiro atoms. The van der Waals surface area contributed by atoms with Crippen molar-refractivity contribution in [1.82, 2.24) is 4.98 Å². The topological polar surface area (TPSA) is 38.9 Å². The zero-order chi connectivity index (χ0) is 11.9. The van der Waals surface area contributed by atoms with Crippen LogP contribution in [0.15, 0.2) is 12.3 Å². The van der Waals surface area contributed by atoms with Gasteiger partial charge in [0.2, 0.25) is 0 Å². The molecule has 2 saturated carbocycles. The molecule has 2 nitrogen and oxygen atoms in total. The van der Waals surface area contributed by atoms with Crippen molar-refractivity contribution in [3.63, 3.8) is 0 Å². The maximum absolute atomic E-state index is 6.28. The molecule has 0 aliphatic heterocycles. The summed E-state index contributed by atoms with van der Waals surface area (Å²) in [5, 5.41) is 0.718. The van der Waals surface area contributed by atoms with Crippen LogP contribution in [0.4, 0.5) is 0 Å². The lowest BCUT2D eigenvalue weighted by atomic mass is 10.0. The van der Waals surface area contributed by atoms with Gasteiger partial charge in [0.1, 0.15) is 0 Å². The SMILES string of the molecule is NCC1(c2ncc(C#CC3CC3)cc2Cl)CC1. The molecule has 2 N–H and O–H groups in total. The molecule has 0 saturated heterocycles. The third kappa shape index (κ3) is 2.18. The van der Waals surface area contributed by atoms with Crippen LogP contribution >= 0.6 is 11.6 Å². The van der Waals surface area contributed by atoms with Crippen LogP contribution in [-0.2, 0) is 5.41 Å². The summed E-state index contributed by atoms with van der Waals surface area (Å²) >= 11 is 6.28. The zero-order valence-electron chi connectivity index (χ0n) is 9.67. The molecule has 0 unspecified atom stereocenters. The van der Waals surface area contributed by atoms with Gasteiger partial charge in [0.25, 0.3) is 0 Å². The Hall–Kier alpha value is -1.04. The molecule has 0 atom stereocenters. The van der Waals surface area contributed by atoms with Crippen LogP contribution in [-0.4, -0.2) is 11.5 Å². The average Bonchev–Trinajstić information content (AvgIpc) is 3.21. The molecule has 2 aliphatic carbocycles. The molecule has 2 aliphatic rings. The first-order valence-corrected chi connectivity index (χ1v) is 6.49. The summed E-state index contributed by atoms with van der Waals surface area (Å²) in [4.78, 5) is 4.47. The Morgan fingerprint density at radius 1 is 1.47 bits per heavy atom. The molecule has 0 radical (unpaired) electrons. The van der Waals surface area contributed by atoms with Crippen LogP contribution < -0.4 is 5.73 Å². The second-order valence-corrected chi connectivity index (χ2v) is 5.49. The Morgan fingerprint density at radius 3 is 2.76 bits per heavy atom. The average molecular weight is 247 g/mol. The van der Waals surface area contributed by atoms with Crippen molar-refractivity contribution >= 4 is 11.6 Å². The Morgan fingerprint density at radius 2 is 2.24 bits per heavy atom. The number of nitrogens with two attached hydrogens (primary N) is 1. The van der Waals surface area contributed by atoms with Gasteiger partial charge in [0, 0.05) is 29.6 Å². The highest BCUT2D eigenvalue weighted by Gasteiger charge is 2.45. The first-order valence-electron chi connectivity index (χ1n) is 6.11. The summed E-state index contributed by atoms with van der Waals surface area (Å²) < 4.78 is 0. The minimum absolute atomic E-state index is 0.0551. The van der Waals surface area contributed by atoms with Crippen LogP contribution in [0.1, 0.15) is 36.9 Å². The van der Waals surface area contributed by atoms with E-state index in [1.807, 2.05) is 12.3 Å². The van der Waals surface area contributed by atoms with E-state index in [1.54, 1.807) is 0 Å². The van der Waals surface area contributed by atoms with Gasteiger partial charge in [0.05, 0.1) is 10.7 Å². The molecule has 2 fully saturated rings. The smallest absolute Gasteiger partial charge is 0.0664 e. The number of halogens is 1. The van der Waals surface area contributed by atoms with Crippen LogP contribution in [0.5, 0.6) is 0 Å². The maximum Gasteiger partial charge on any atom is 0.0664 e. The van der Waals surface area contributed by atoms with Gasteiger partial charge in [-0.15, -0.1) is 0 Å². The van der Waals surface area contributed by atoms with E-state index in [0.29, 0.717) is 12.5 Å². The van der Waals surface area contributed by atoms with Gasteiger partial charge >= 0.3 is 0 Å². The fraction of sp³-hybridized carbons (Fsp3) is 0.500. The molecule has 0 amide bonds. The number of hydrogen-bond acceptors (Lipinski definition) is 2. The summed E-state index contributed by atoms with van der Waals surface area (Å²) in [5.74, 6) is 6.95. The number of rotatable bonds is 2. The van der Waals surface area contributed by atoms with Crippen molar-refractivity contribution in [3.05, 3.63) is 28.5 Å². The lowest BCUT2D eigenvalue weighted by molar-refractivity contribution is 0.678. The molecule has 88 valence electrons. The van der Waals surface area contributed by atoms with Crippen LogP contribution in [0.3, 0.4) is 0 Å². The molecule has 0 aromatic carbocycles. The molecule has 3 rings (SSSR count). The van der Waals surface area contributed by atoms with Gasteiger partial charge in [-0.3, -0.25) is 4.98 Å². The van der Waals surface area contributed by atoms with E-state index in [1.165, 1.54) is 12.8 Å². The minimum atomic E-state index is 0.0551. The van der Waals surface area contributed by atoms with E-state index >= 15 is 0 Å². The maximum atomic E-state index is 6.28. The number of pyridine rings is 1. The molecule has 0 bridgehead atoms. The van der Waals surface area contributed by atoms with E-state index < -0.39 is 0 Å². The summed E-state index contributed by atoms with van der Waals surface area (Å²) in [6.07, 6.45) is 6.50. The predicted molar refractivity (Wildman–Crippen MR) is 68.8 cm³/mol. The Balaban J connectivity index is 1.87. The van der Waals surface area contributed by atoms with Crippen molar-refractivity contribution in [2.45, 2.75) is 31.1 Å².